The Kier molecular flexibility index (Phi) is 3.01. The van der Waals surface area contributed by atoms with Crippen LogP contribution < -0.4 is 5.32 Å². The molecule has 1 aliphatic rings. The molecule has 4 heteroatoms. The third-order valence-electron chi connectivity index (χ3n) is 3.64. The zero-order chi connectivity index (χ0) is 14.5. The maximum absolute atomic E-state index is 12.4. The molecular formula is C16H17BrN2O. The normalized spacial score (nSPS) is 16.7. The van der Waals surface area contributed by atoms with Crippen molar-refractivity contribution in [3.8, 4) is 11.1 Å². The summed E-state index contributed by atoms with van der Waals surface area (Å²) in [6.07, 6.45) is 0.804. The van der Waals surface area contributed by atoms with Crippen molar-refractivity contribution in [1.82, 2.24) is 10.3 Å². The van der Waals surface area contributed by atoms with Crippen molar-refractivity contribution < 1.29 is 4.79 Å². The van der Waals surface area contributed by atoms with Crippen LogP contribution in [0, 0.1) is 6.92 Å². The van der Waals surface area contributed by atoms with Crippen LogP contribution >= 0.6 is 15.9 Å². The number of benzene rings is 1. The van der Waals surface area contributed by atoms with Crippen LogP contribution in [-0.2, 0) is 6.42 Å². The maximum Gasteiger partial charge on any atom is 0.254 e. The quantitative estimate of drug-likeness (QED) is 0.819. The maximum atomic E-state index is 12.4. The largest absolute Gasteiger partial charge is 0.352 e. The summed E-state index contributed by atoms with van der Waals surface area (Å²) in [4.78, 5) is 15.8. The minimum Gasteiger partial charge on any atom is -0.352 e. The summed E-state index contributed by atoms with van der Waals surface area (Å²) in [5.74, 6) is -0.00490. The number of amides is 1. The lowest BCUT2D eigenvalue weighted by Gasteiger charge is -2.30. The van der Waals surface area contributed by atoms with E-state index in [2.05, 4.69) is 45.3 Å². The van der Waals surface area contributed by atoms with Gasteiger partial charge in [0, 0.05) is 23.2 Å². The number of halogens is 1. The van der Waals surface area contributed by atoms with Crippen LogP contribution in [0.2, 0.25) is 0 Å². The van der Waals surface area contributed by atoms with Crippen molar-refractivity contribution in [1.29, 1.82) is 0 Å². The Bertz CT molecular complexity index is 700. The molecular weight excluding hydrogens is 316 g/mol. The summed E-state index contributed by atoms with van der Waals surface area (Å²) < 4.78 is 0.876. The SMILES string of the molecule is Cc1cccc(-c2c(Br)[nH]c3c2C(=O)NC(C)(C)C3)c1. The van der Waals surface area contributed by atoms with Gasteiger partial charge >= 0.3 is 0 Å². The molecule has 0 radical (unpaired) electrons. The highest BCUT2D eigenvalue weighted by Gasteiger charge is 2.34. The number of hydrogen-bond acceptors (Lipinski definition) is 1. The number of hydrogen-bond donors (Lipinski definition) is 2. The number of carbonyl (C=O) groups is 1. The molecule has 0 atom stereocenters. The van der Waals surface area contributed by atoms with Crippen molar-refractivity contribution in [2.75, 3.05) is 0 Å². The van der Waals surface area contributed by atoms with Gasteiger partial charge in [0.25, 0.3) is 5.91 Å². The Hall–Kier alpha value is -1.55. The Morgan fingerprint density at radius 3 is 2.70 bits per heavy atom. The molecule has 3 rings (SSSR count). The van der Waals surface area contributed by atoms with Gasteiger partial charge in [0.2, 0.25) is 0 Å². The van der Waals surface area contributed by atoms with E-state index >= 15 is 0 Å². The van der Waals surface area contributed by atoms with Crippen molar-refractivity contribution in [2.45, 2.75) is 32.7 Å². The fourth-order valence-corrected chi connectivity index (χ4v) is 3.50. The van der Waals surface area contributed by atoms with Crippen molar-refractivity contribution >= 4 is 21.8 Å². The highest BCUT2D eigenvalue weighted by Crippen LogP contribution is 2.37. The number of fused-ring (bicyclic) bond motifs is 1. The molecule has 0 aliphatic carbocycles. The van der Waals surface area contributed by atoms with Crippen molar-refractivity contribution in [3.63, 3.8) is 0 Å². The first-order chi connectivity index (χ1) is 9.37. The van der Waals surface area contributed by atoms with Gasteiger partial charge in [0.05, 0.1) is 10.2 Å². The van der Waals surface area contributed by atoms with Gasteiger partial charge in [-0.1, -0.05) is 29.8 Å². The lowest BCUT2D eigenvalue weighted by Crippen LogP contribution is -2.49. The van der Waals surface area contributed by atoms with Gasteiger partial charge in [-0.25, -0.2) is 0 Å². The molecule has 2 N–H and O–H groups in total. The number of aromatic nitrogens is 1. The van der Waals surface area contributed by atoms with E-state index in [1.165, 1.54) is 5.56 Å². The minimum absolute atomic E-state index is 0.00490. The summed E-state index contributed by atoms with van der Waals surface area (Å²) in [6, 6.07) is 8.20. The van der Waals surface area contributed by atoms with Crippen LogP contribution in [-0.4, -0.2) is 16.4 Å². The second kappa shape index (κ2) is 4.48. The molecule has 1 aliphatic heterocycles. The number of carbonyl (C=O) groups excluding carboxylic acids is 1. The molecule has 1 aromatic heterocycles. The van der Waals surface area contributed by atoms with Crippen LogP contribution in [0.1, 0.15) is 35.5 Å². The standard InChI is InChI=1S/C16H17BrN2O/c1-9-5-4-6-10(7-9)12-13-11(18-14(12)17)8-16(2,3)19-15(13)20/h4-7,18H,8H2,1-3H3,(H,19,20). The number of aromatic amines is 1. The molecule has 104 valence electrons. The van der Waals surface area contributed by atoms with Gasteiger partial charge in [-0.15, -0.1) is 0 Å². The highest BCUT2D eigenvalue weighted by atomic mass is 79.9. The lowest BCUT2D eigenvalue weighted by atomic mass is 9.89. The fraction of sp³-hybridized carbons (Fsp3) is 0.312. The third kappa shape index (κ3) is 2.18. The monoisotopic (exact) mass is 332 g/mol. The van der Waals surface area contributed by atoms with Gasteiger partial charge in [-0.2, -0.15) is 0 Å². The average molecular weight is 333 g/mol. The highest BCUT2D eigenvalue weighted by molar-refractivity contribution is 9.10. The van der Waals surface area contributed by atoms with Gasteiger partial charge < -0.3 is 10.3 Å². The summed E-state index contributed by atoms with van der Waals surface area (Å²) in [7, 11) is 0. The van der Waals surface area contributed by atoms with E-state index in [4.69, 9.17) is 0 Å². The van der Waals surface area contributed by atoms with Crippen LogP contribution in [0.5, 0.6) is 0 Å². The van der Waals surface area contributed by atoms with E-state index in [-0.39, 0.29) is 11.4 Å². The zero-order valence-corrected chi connectivity index (χ0v) is 13.4. The topological polar surface area (TPSA) is 44.9 Å². The number of aryl methyl sites for hydroxylation is 1. The third-order valence-corrected chi connectivity index (χ3v) is 4.23. The zero-order valence-electron chi connectivity index (χ0n) is 11.8. The molecule has 3 nitrogen and oxygen atoms in total. The first-order valence-corrected chi connectivity index (χ1v) is 7.46. The van der Waals surface area contributed by atoms with Crippen molar-refractivity contribution in [3.05, 3.63) is 45.7 Å². The molecule has 0 unspecified atom stereocenters. The molecule has 1 amide bonds. The summed E-state index contributed by atoms with van der Waals surface area (Å²) in [5, 5.41) is 3.07. The summed E-state index contributed by atoms with van der Waals surface area (Å²) >= 11 is 3.57. The average Bonchev–Trinajstić information content (AvgIpc) is 2.63. The van der Waals surface area contributed by atoms with E-state index in [1.54, 1.807) is 0 Å². The van der Waals surface area contributed by atoms with Crippen LogP contribution in [0.25, 0.3) is 11.1 Å². The van der Waals surface area contributed by atoms with E-state index in [1.807, 2.05) is 26.0 Å². The van der Waals surface area contributed by atoms with E-state index in [9.17, 15) is 4.79 Å². The first kappa shape index (κ1) is 13.4. The second-order valence-corrected chi connectivity index (χ2v) is 6.84. The molecule has 1 aromatic carbocycles. The number of H-pyrrole nitrogens is 1. The first-order valence-electron chi connectivity index (χ1n) is 6.67. The summed E-state index contributed by atoms with van der Waals surface area (Å²) in [6.45, 7) is 6.13. The smallest absolute Gasteiger partial charge is 0.254 e. The van der Waals surface area contributed by atoms with Crippen LogP contribution in [0.3, 0.4) is 0 Å². The second-order valence-electron chi connectivity index (χ2n) is 6.05. The molecule has 2 heterocycles. The Labute approximate surface area is 126 Å². The van der Waals surface area contributed by atoms with Gasteiger partial charge in [-0.05, 0) is 42.3 Å². The van der Waals surface area contributed by atoms with Crippen molar-refractivity contribution in [2.24, 2.45) is 0 Å². The number of nitrogens with one attached hydrogen (secondary N) is 2. The molecule has 2 aromatic rings. The molecule has 0 bridgehead atoms. The predicted octanol–water partition coefficient (Wildman–Crippen LogP) is 3.82. The van der Waals surface area contributed by atoms with Gasteiger partial charge in [-0.3, -0.25) is 4.79 Å². The van der Waals surface area contributed by atoms with Gasteiger partial charge in [0.15, 0.2) is 0 Å². The van der Waals surface area contributed by atoms with E-state index < -0.39 is 0 Å². The predicted molar refractivity (Wildman–Crippen MR) is 83.9 cm³/mol. The number of rotatable bonds is 1. The molecule has 0 saturated heterocycles. The minimum atomic E-state index is -0.210. The lowest BCUT2D eigenvalue weighted by molar-refractivity contribution is 0.0897. The molecule has 0 saturated carbocycles. The molecule has 0 spiro atoms. The van der Waals surface area contributed by atoms with E-state index in [0.29, 0.717) is 0 Å². The Morgan fingerprint density at radius 2 is 2.00 bits per heavy atom. The Morgan fingerprint density at radius 1 is 1.25 bits per heavy atom. The molecule has 20 heavy (non-hydrogen) atoms. The van der Waals surface area contributed by atoms with Crippen LogP contribution in [0.15, 0.2) is 28.9 Å². The fourth-order valence-electron chi connectivity index (χ4n) is 2.83. The van der Waals surface area contributed by atoms with E-state index in [0.717, 1.165) is 33.4 Å². The van der Waals surface area contributed by atoms with Crippen LogP contribution in [0.4, 0.5) is 0 Å². The summed E-state index contributed by atoms with van der Waals surface area (Å²) in [5.41, 5.74) is 4.75. The van der Waals surface area contributed by atoms with Gasteiger partial charge in [0.1, 0.15) is 0 Å². The molecule has 0 fully saturated rings. The Balaban J connectivity index is 2.20.